The standard InChI is InChI=1S/C19H27N3O3/c1-3-16-19(24)22(11-18(23)21-14-6-4-5-7-14)15-10-13(12(2)20)8-9-17(15)25-16/h8-10,12,14,16H,3-7,11,20H2,1-2H3,(H,21,23). The van der Waals surface area contributed by atoms with E-state index in [1.807, 2.05) is 32.0 Å². The molecule has 1 aromatic carbocycles. The van der Waals surface area contributed by atoms with Gasteiger partial charge in [0.05, 0.1) is 5.69 Å². The minimum absolute atomic E-state index is 0.0185. The van der Waals surface area contributed by atoms with Crippen LogP contribution in [0.25, 0.3) is 0 Å². The molecule has 136 valence electrons. The SMILES string of the molecule is CCC1Oc2ccc(C(C)N)cc2N(CC(=O)NC2CCCC2)C1=O. The van der Waals surface area contributed by atoms with Gasteiger partial charge in [-0.15, -0.1) is 0 Å². The van der Waals surface area contributed by atoms with Crippen LogP contribution in [0.5, 0.6) is 5.75 Å². The molecule has 1 fully saturated rings. The number of amides is 2. The zero-order chi connectivity index (χ0) is 18.0. The number of rotatable bonds is 5. The van der Waals surface area contributed by atoms with Crippen molar-refractivity contribution in [1.82, 2.24) is 5.32 Å². The molecule has 25 heavy (non-hydrogen) atoms. The fourth-order valence-corrected chi connectivity index (χ4v) is 3.53. The quantitative estimate of drug-likeness (QED) is 0.857. The molecule has 0 bridgehead atoms. The molecule has 1 aliphatic carbocycles. The minimum atomic E-state index is -0.548. The van der Waals surface area contributed by atoms with Gasteiger partial charge in [-0.1, -0.05) is 25.8 Å². The molecule has 0 saturated heterocycles. The van der Waals surface area contributed by atoms with Crippen LogP contribution in [0.4, 0.5) is 5.69 Å². The van der Waals surface area contributed by atoms with Gasteiger partial charge in [0.25, 0.3) is 5.91 Å². The fraction of sp³-hybridized carbons (Fsp3) is 0.579. The predicted octanol–water partition coefficient (Wildman–Crippen LogP) is 2.27. The van der Waals surface area contributed by atoms with E-state index in [4.69, 9.17) is 10.5 Å². The van der Waals surface area contributed by atoms with Crippen LogP contribution < -0.4 is 20.7 Å². The van der Waals surface area contributed by atoms with E-state index in [1.54, 1.807) is 4.90 Å². The summed E-state index contributed by atoms with van der Waals surface area (Å²) in [4.78, 5) is 26.8. The van der Waals surface area contributed by atoms with Crippen molar-refractivity contribution in [3.05, 3.63) is 23.8 Å². The first-order valence-corrected chi connectivity index (χ1v) is 9.16. The number of nitrogens with zero attached hydrogens (tertiary/aromatic N) is 1. The van der Waals surface area contributed by atoms with Crippen LogP contribution in [0.2, 0.25) is 0 Å². The van der Waals surface area contributed by atoms with Gasteiger partial charge in [-0.2, -0.15) is 0 Å². The van der Waals surface area contributed by atoms with E-state index < -0.39 is 6.10 Å². The van der Waals surface area contributed by atoms with Crippen LogP contribution in [0.15, 0.2) is 18.2 Å². The molecule has 1 heterocycles. The second kappa shape index (κ2) is 7.44. The fourth-order valence-electron chi connectivity index (χ4n) is 3.53. The van der Waals surface area contributed by atoms with E-state index >= 15 is 0 Å². The molecule has 3 N–H and O–H groups in total. The number of benzene rings is 1. The lowest BCUT2D eigenvalue weighted by Crippen LogP contribution is -2.50. The summed E-state index contributed by atoms with van der Waals surface area (Å²) >= 11 is 0. The van der Waals surface area contributed by atoms with Crippen LogP contribution in [0.3, 0.4) is 0 Å². The molecule has 2 amide bonds. The molecule has 2 unspecified atom stereocenters. The highest BCUT2D eigenvalue weighted by molar-refractivity contribution is 6.04. The largest absolute Gasteiger partial charge is 0.478 e. The molecular weight excluding hydrogens is 318 g/mol. The summed E-state index contributed by atoms with van der Waals surface area (Å²) < 4.78 is 5.81. The Morgan fingerprint density at radius 1 is 1.40 bits per heavy atom. The summed E-state index contributed by atoms with van der Waals surface area (Å²) in [6.45, 7) is 3.81. The van der Waals surface area contributed by atoms with Gasteiger partial charge in [0.15, 0.2) is 6.10 Å². The molecule has 1 aromatic rings. The molecule has 1 saturated carbocycles. The van der Waals surface area contributed by atoms with Crippen molar-refractivity contribution in [2.75, 3.05) is 11.4 Å². The first-order valence-electron chi connectivity index (χ1n) is 9.16. The Labute approximate surface area is 148 Å². The second-order valence-corrected chi connectivity index (χ2v) is 7.00. The number of hydrogen-bond acceptors (Lipinski definition) is 4. The van der Waals surface area contributed by atoms with Crippen LogP contribution in [-0.2, 0) is 9.59 Å². The molecule has 0 spiro atoms. The first-order chi connectivity index (χ1) is 12.0. The van der Waals surface area contributed by atoms with E-state index in [2.05, 4.69) is 5.32 Å². The normalized spacial score (nSPS) is 21.6. The number of ether oxygens (including phenoxy) is 1. The van der Waals surface area contributed by atoms with Crippen molar-refractivity contribution in [2.24, 2.45) is 5.73 Å². The maximum Gasteiger partial charge on any atom is 0.268 e. The van der Waals surface area contributed by atoms with E-state index in [0.717, 1.165) is 31.2 Å². The molecule has 0 radical (unpaired) electrons. The highest BCUT2D eigenvalue weighted by Gasteiger charge is 2.35. The van der Waals surface area contributed by atoms with Crippen LogP contribution in [0, 0.1) is 0 Å². The molecule has 6 nitrogen and oxygen atoms in total. The zero-order valence-electron chi connectivity index (χ0n) is 15.0. The van der Waals surface area contributed by atoms with Crippen LogP contribution in [0.1, 0.15) is 57.6 Å². The Balaban J connectivity index is 1.83. The molecule has 1 aliphatic heterocycles. The summed E-state index contributed by atoms with van der Waals surface area (Å²) in [5, 5.41) is 3.05. The van der Waals surface area contributed by atoms with Gasteiger partial charge in [-0.25, -0.2) is 0 Å². The molecule has 2 atom stereocenters. The van der Waals surface area contributed by atoms with E-state index in [9.17, 15) is 9.59 Å². The second-order valence-electron chi connectivity index (χ2n) is 7.00. The number of anilines is 1. The number of fused-ring (bicyclic) bond motifs is 1. The topological polar surface area (TPSA) is 84.7 Å². The number of carbonyl (C=O) groups is 2. The van der Waals surface area contributed by atoms with E-state index in [-0.39, 0.29) is 30.4 Å². The Morgan fingerprint density at radius 3 is 2.76 bits per heavy atom. The van der Waals surface area contributed by atoms with Crippen LogP contribution in [-0.4, -0.2) is 30.5 Å². The number of carbonyl (C=O) groups excluding carboxylic acids is 2. The lowest BCUT2D eigenvalue weighted by atomic mass is 10.0. The lowest BCUT2D eigenvalue weighted by Gasteiger charge is -2.34. The predicted molar refractivity (Wildman–Crippen MR) is 96.5 cm³/mol. The molecule has 6 heteroatoms. The molecule has 3 rings (SSSR count). The first kappa shape index (κ1) is 17.7. The zero-order valence-corrected chi connectivity index (χ0v) is 15.0. The Kier molecular flexibility index (Phi) is 5.27. The Hall–Kier alpha value is -2.08. The minimum Gasteiger partial charge on any atom is -0.478 e. The third-order valence-corrected chi connectivity index (χ3v) is 5.00. The van der Waals surface area contributed by atoms with Gasteiger partial charge in [0.2, 0.25) is 5.91 Å². The Morgan fingerprint density at radius 2 is 2.12 bits per heavy atom. The van der Waals surface area contributed by atoms with Crippen molar-refractivity contribution >= 4 is 17.5 Å². The van der Waals surface area contributed by atoms with Crippen molar-refractivity contribution in [3.63, 3.8) is 0 Å². The monoisotopic (exact) mass is 345 g/mol. The summed E-state index contributed by atoms with van der Waals surface area (Å²) in [7, 11) is 0. The van der Waals surface area contributed by atoms with Gasteiger partial charge < -0.3 is 15.8 Å². The van der Waals surface area contributed by atoms with E-state index in [0.29, 0.717) is 17.9 Å². The third-order valence-electron chi connectivity index (χ3n) is 5.00. The van der Waals surface area contributed by atoms with Gasteiger partial charge in [-0.3, -0.25) is 14.5 Å². The van der Waals surface area contributed by atoms with Gasteiger partial charge in [-0.05, 0) is 43.9 Å². The van der Waals surface area contributed by atoms with Crippen molar-refractivity contribution < 1.29 is 14.3 Å². The Bertz CT molecular complexity index is 653. The van der Waals surface area contributed by atoms with Gasteiger partial charge in [0.1, 0.15) is 12.3 Å². The number of nitrogens with one attached hydrogen (secondary N) is 1. The summed E-state index contributed by atoms with van der Waals surface area (Å²) in [6, 6.07) is 5.68. The lowest BCUT2D eigenvalue weighted by molar-refractivity contribution is -0.129. The number of nitrogens with two attached hydrogens (primary N) is 1. The summed E-state index contributed by atoms with van der Waals surface area (Å²) in [6.07, 6.45) is 4.36. The smallest absolute Gasteiger partial charge is 0.268 e. The van der Waals surface area contributed by atoms with Gasteiger partial charge in [0, 0.05) is 12.1 Å². The molecule has 0 aromatic heterocycles. The summed E-state index contributed by atoms with van der Waals surface area (Å²) in [5.41, 5.74) is 7.51. The van der Waals surface area contributed by atoms with Gasteiger partial charge >= 0.3 is 0 Å². The maximum atomic E-state index is 12.8. The van der Waals surface area contributed by atoms with Crippen molar-refractivity contribution in [3.8, 4) is 5.75 Å². The molecule has 2 aliphatic rings. The van der Waals surface area contributed by atoms with Crippen molar-refractivity contribution in [2.45, 2.75) is 64.1 Å². The van der Waals surface area contributed by atoms with E-state index in [1.165, 1.54) is 0 Å². The average molecular weight is 345 g/mol. The summed E-state index contributed by atoms with van der Waals surface area (Å²) in [5.74, 6) is 0.345. The number of hydrogen-bond donors (Lipinski definition) is 2. The maximum absolute atomic E-state index is 12.8. The highest BCUT2D eigenvalue weighted by Crippen LogP contribution is 2.36. The third kappa shape index (κ3) is 3.79. The molecular formula is C19H27N3O3. The van der Waals surface area contributed by atoms with Crippen LogP contribution >= 0.6 is 0 Å². The average Bonchev–Trinajstić information content (AvgIpc) is 3.09. The van der Waals surface area contributed by atoms with Crippen molar-refractivity contribution in [1.29, 1.82) is 0 Å². The highest BCUT2D eigenvalue weighted by atomic mass is 16.5.